The number of hydrogen-bond acceptors (Lipinski definition) is 4. The molecule has 0 radical (unpaired) electrons. The van der Waals surface area contributed by atoms with Crippen LogP contribution in [0, 0.1) is 0 Å². The summed E-state index contributed by atoms with van der Waals surface area (Å²) in [5.41, 5.74) is 6.28. The van der Waals surface area contributed by atoms with Crippen LogP contribution in [0.4, 0.5) is 5.69 Å². The Morgan fingerprint density at radius 3 is 2.03 bits per heavy atom. The molecular formula is C24H22N4OS. The van der Waals surface area contributed by atoms with Crippen LogP contribution < -0.4 is 10.6 Å². The number of anilines is 1. The molecule has 5 nitrogen and oxygen atoms in total. The molecule has 1 heterocycles. The molecular weight excluding hydrogens is 392 g/mol. The van der Waals surface area contributed by atoms with Gasteiger partial charge in [-0.05, 0) is 30.4 Å². The highest BCUT2D eigenvalue weighted by Gasteiger charge is 2.13. The molecule has 0 fully saturated rings. The zero-order valence-corrected chi connectivity index (χ0v) is 17.4. The summed E-state index contributed by atoms with van der Waals surface area (Å²) in [4.78, 5) is 9.93. The smallest absolute Gasteiger partial charge is 0.170 e. The van der Waals surface area contributed by atoms with E-state index in [1.54, 1.807) is 7.11 Å². The maximum absolute atomic E-state index is 5.35. The fourth-order valence-corrected chi connectivity index (χ4v) is 3.39. The Morgan fingerprint density at radius 1 is 0.833 bits per heavy atom. The molecule has 3 aromatic carbocycles. The molecule has 1 aromatic heterocycles. The highest BCUT2D eigenvalue weighted by atomic mass is 32.1. The summed E-state index contributed by atoms with van der Waals surface area (Å²) in [7, 11) is 1.66. The first-order chi connectivity index (χ1) is 14.7. The first-order valence-electron chi connectivity index (χ1n) is 9.71. The lowest BCUT2D eigenvalue weighted by atomic mass is 10.0. The van der Waals surface area contributed by atoms with Gasteiger partial charge in [0.2, 0.25) is 0 Å². The van der Waals surface area contributed by atoms with E-state index in [2.05, 4.69) is 34.9 Å². The van der Waals surface area contributed by atoms with Crippen molar-refractivity contribution >= 4 is 34.1 Å². The minimum absolute atomic E-state index is 0.545. The minimum Gasteiger partial charge on any atom is -0.383 e. The molecule has 0 spiro atoms. The molecule has 0 aliphatic rings. The molecule has 150 valence electrons. The maximum atomic E-state index is 5.35. The van der Waals surface area contributed by atoms with Crippen LogP contribution in [0.5, 0.6) is 0 Å². The van der Waals surface area contributed by atoms with Crippen LogP contribution >= 0.6 is 12.2 Å². The minimum atomic E-state index is 0.545. The van der Waals surface area contributed by atoms with Crippen molar-refractivity contribution in [1.82, 2.24) is 15.3 Å². The average Bonchev–Trinajstić information content (AvgIpc) is 2.79. The van der Waals surface area contributed by atoms with Crippen LogP contribution in [0.15, 0.2) is 78.9 Å². The number of methoxy groups -OCH3 is 1. The van der Waals surface area contributed by atoms with Gasteiger partial charge >= 0.3 is 0 Å². The van der Waals surface area contributed by atoms with E-state index in [-0.39, 0.29) is 0 Å². The monoisotopic (exact) mass is 414 g/mol. The van der Waals surface area contributed by atoms with Gasteiger partial charge in [-0.1, -0.05) is 60.7 Å². The molecule has 4 aromatic rings. The third-order valence-corrected chi connectivity index (χ3v) is 4.85. The molecule has 2 N–H and O–H groups in total. The first-order valence-corrected chi connectivity index (χ1v) is 10.1. The predicted molar refractivity (Wildman–Crippen MR) is 127 cm³/mol. The summed E-state index contributed by atoms with van der Waals surface area (Å²) in [5.74, 6) is 0. The summed E-state index contributed by atoms with van der Waals surface area (Å²) < 4.78 is 5.03. The van der Waals surface area contributed by atoms with Gasteiger partial charge in [-0.25, -0.2) is 9.97 Å². The average molecular weight is 415 g/mol. The Hall–Kier alpha value is -3.35. The molecule has 0 amide bonds. The molecule has 0 saturated heterocycles. The molecule has 0 unspecified atom stereocenters. The SMILES string of the molecule is COCCNC(=S)Nc1ccc2nc(-c3ccccc3)c(-c3ccccc3)nc2c1. The molecule has 0 saturated carbocycles. The number of thiocarbonyl (C=S) groups is 1. The zero-order chi connectivity index (χ0) is 20.8. The number of aromatic nitrogens is 2. The molecule has 0 atom stereocenters. The zero-order valence-electron chi connectivity index (χ0n) is 16.6. The van der Waals surface area contributed by atoms with Crippen LogP contribution in [0.3, 0.4) is 0 Å². The van der Waals surface area contributed by atoms with Crippen LogP contribution in [-0.4, -0.2) is 35.3 Å². The third kappa shape index (κ3) is 4.62. The molecule has 4 rings (SSSR count). The van der Waals surface area contributed by atoms with Crippen molar-refractivity contribution in [2.24, 2.45) is 0 Å². The second-order valence-electron chi connectivity index (χ2n) is 6.73. The first kappa shape index (κ1) is 19.9. The van der Waals surface area contributed by atoms with Crippen molar-refractivity contribution in [1.29, 1.82) is 0 Å². The Kier molecular flexibility index (Phi) is 6.27. The van der Waals surface area contributed by atoms with Crippen LogP contribution in [-0.2, 0) is 4.74 Å². The summed E-state index contributed by atoms with van der Waals surface area (Å²) >= 11 is 5.35. The number of fused-ring (bicyclic) bond motifs is 1. The van der Waals surface area contributed by atoms with Crippen molar-refractivity contribution in [3.63, 3.8) is 0 Å². The Bertz CT molecular complexity index is 1150. The van der Waals surface area contributed by atoms with Crippen LogP contribution in [0.25, 0.3) is 33.5 Å². The van der Waals surface area contributed by atoms with Gasteiger partial charge in [-0.15, -0.1) is 0 Å². The highest BCUT2D eigenvalue weighted by Crippen LogP contribution is 2.31. The van der Waals surface area contributed by atoms with Crippen molar-refractivity contribution in [3.05, 3.63) is 78.9 Å². The van der Waals surface area contributed by atoms with Gasteiger partial charge in [0.25, 0.3) is 0 Å². The van der Waals surface area contributed by atoms with Crippen molar-refractivity contribution in [2.45, 2.75) is 0 Å². The van der Waals surface area contributed by atoms with Crippen LogP contribution in [0.2, 0.25) is 0 Å². The largest absolute Gasteiger partial charge is 0.383 e. The molecule has 0 bridgehead atoms. The van der Waals surface area contributed by atoms with Crippen molar-refractivity contribution < 1.29 is 4.74 Å². The number of rotatable bonds is 6. The Morgan fingerprint density at radius 2 is 1.43 bits per heavy atom. The Labute approximate surface area is 181 Å². The number of hydrogen-bond donors (Lipinski definition) is 2. The van der Waals surface area contributed by atoms with E-state index in [9.17, 15) is 0 Å². The fourth-order valence-electron chi connectivity index (χ4n) is 3.17. The lowest BCUT2D eigenvalue weighted by Crippen LogP contribution is -2.31. The van der Waals surface area contributed by atoms with Gasteiger partial charge in [0, 0.05) is 30.5 Å². The summed E-state index contributed by atoms with van der Waals surface area (Å²) in [5, 5.41) is 6.85. The lowest BCUT2D eigenvalue weighted by Gasteiger charge is -2.13. The number of ether oxygens (including phenoxy) is 1. The van der Waals surface area contributed by atoms with Gasteiger partial charge in [0.15, 0.2) is 5.11 Å². The second-order valence-corrected chi connectivity index (χ2v) is 7.14. The number of nitrogens with zero attached hydrogens (tertiary/aromatic N) is 2. The highest BCUT2D eigenvalue weighted by molar-refractivity contribution is 7.80. The van der Waals surface area contributed by atoms with Gasteiger partial charge in [0.1, 0.15) is 0 Å². The molecule has 6 heteroatoms. The molecule has 0 aliphatic heterocycles. The van der Waals surface area contributed by atoms with Gasteiger partial charge in [0.05, 0.1) is 29.0 Å². The maximum Gasteiger partial charge on any atom is 0.170 e. The number of benzene rings is 3. The quantitative estimate of drug-likeness (QED) is 0.346. The fraction of sp³-hybridized carbons (Fsp3) is 0.125. The van der Waals surface area contributed by atoms with E-state index in [0.29, 0.717) is 18.3 Å². The van der Waals surface area contributed by atoms with E-state index in [1.165, 1.54) is 0 Å². The standard InChI is InChI=1S/C24H22N4OS/c1-29-15-14-25-24(30)26-19-12-13-20-21(16-19)28-23(18-10-6-3-7-11-18)22(27-20)17-8-4-2-5-9-17/h2-13,16H,14-15H2,1H3,(H2,25,26,30). The predicted octanol–water partition coefficient (Wildman–Crippen LogP) is 4.90. The second kappa shape index (κ2) is 9.43. The Balaban J connectivity index is 1.73. The van der Waals surface area contributed by atoms with Gasteiger partial charge in [-0.2, -0.15) is 0 Å². The van der Waals surface area contributed by atoms with E-state index < -0.39 is 0 Å². The third-order valence-electron chi connectivity index (χ3n) is 4.61. The van der Waals surface area contributed by atoms with E-state index >= 15 is 0 Å². The number of nitrogens with one attached hydrogen (secondary N) is 2. The van der Waals surface area contributed by atoms with E-state index in [1.807, 2.05) is 54.6 Å². The van der Waals surface area contributed by atoms with Gasteiger partial charge < -0.3 is 15.4 Å². The van der Waals surface area contributed by atoms with E-state index in [4.69, 9.17) is 26.9 Å². The summed E-state index contributed by atoms with van der Waals surface area (Å²) in [6, 6.07) is 26.2. The lowest BCUT2D eigenvalue weighted by molar-refractivity contribution is 0.204. The summed E-state index contributed by atoms with van der Waals surface area (Å²) in [6.07, 6.45) is 0. The van der Waals surface area contributed by atoms with Crippen molar-refractivity contribution in [3.8, 4) is 22.5 Å². The molecule has 30 heavy (non-hydrogen) atoms. The molecule has 0 aliphatic carbocycles. The van der Waals surface area contributed by atoms with Gasteiger partial charge in [-0.3, -0.25) is 0 Å². The van der Waals surface area contributed by atoms with Crippen LogP contribution in [0.1, 0.15) is 0 Å². The summed E-state index contributed by atoms with van der Waals surface area (Å²) in [6.45, 7) is 1.24. The van der Waals surface area contributed by atoms with E-state index in [0.717, 1.165) is 39.2 Å². The topological polar surface area (TPSA) is 59.1 Å². The normalized spacial score (nSPS) is 10.7. The van der Waals surface area contributed by atoms with Crippen molar-refractivity contribution in [2.75, 3.05) is 25.6 Å².